The molecule has 0 atom stereocenters. The molecule has 28 heavy (non-hydrogen) atoms. The molecule has 0 amide bonds. The normalized spacial score (nSPS) is 23.2. The van der Waals surface area contributed by atoms with Crippen LogP contribution in [-0.4, -0.2) is 41.7 Å². The molecule has 0 aromatic heterocycles. The summed E-state index contributed by atoms with van der Waals surface area (Å²) in [5, 5.41) is 8.71. The number of nitrogens with zero attached hydrogens (tertiary/aromatic N) is 1. The number of rotatable bonds is 9. The van der Waals surface area contributed by atoms with Gasteiger partial charge in [0.05, 0.1) is 6.10 Å². The van der Waals surface area contributed by atoms with Crippen molar-refractivity contribution in [2.24, 2.45) is 5.92 Å². The summed E-state index contributed by atoms with van der Waals surface area (Å²) in [5.74, 6) is 1.21. The van der Waals surface area contributed by atoms with E-state index in [2.05, 4.69) is 42.2 Å². The molecular weight excluding hydrogens is 350 g/mol. The van der Waals surface area contributed by atoms with Gasteiger partial charge in [-0.05, 0) is 80.7 Å². The first-order valence-electron chi connectivity index (χ1n) is 11.0. The van der Waals surface area contributed by atoms with Crippen LogP contribution in [0.4, 0.5) is 0 Å². The number of hydrogen-bond acceptors (Lipinski definition) is 3. The minimum Gasteiger partial charge on any atom is -0.490 e. The molecule has 1 aliphatic carbocycles. The molecular formula is C24H35NO3. The van der Waals surface area contributed by atoms with E-state index in [1.165, 1.54) is 43.2 Å². The third-order valence-corrected chi connectivity index (χ3v) is 6.31. The molecule has 154 valence electrons. The van der Waals surface area contributed by atoms with Crippen LogP contribution in [0.15, 0.2) is 30.3 Å². The number of carbonyl (C=O) groups is 1. The van der Waals surface area contributed by atoms with E-state index in [0.29, 0.717) is 6.10 Å². The molecule has 1 aromatic carbocycles. The predicted octanol–water partition coefficient (Wildman–Crippen LogP) is 5.38. The van der Waals surface area contributed by atoms with Gasteiger partial charge in [-0.3, -0.25) is 9.69 Å². The Balaban J connectivity index is 1.43. The van der Waals surface area contributed by atoms with Gasteiger partial charge in [-0.2, -0.15) is 0 Å². The molecule has 0 spiro atoms. The lowest BCUT2D eigenvalue weighted by Gasteiger charge is -2.28. The van der Waals surface area contributed by atoms with E-state index in [9.17, 15) is 4.79 Å². The number of benzene rings is 1. The summed E-state index contributed by atoms with van der Waals surface area (Å²) >= 11 is 0. The molecule has 1 saturated carbocycles. The SMILES string of the molecule is CCC1CCC(Oc2ccc(C3=CCN(CCCCC(=O)O)CC3)cc2)CC1. The lowest BCUT2D eigenvalue weighted by atomic mass is 9.86. The molecule has 0 unspecified atom stereocenters. The second-order valence-electron chi connectivity index (χ2n) is 8.32. The summed E-state index contributed by atoms with van der Waals surface area (Å²) in [6.07, 6.45) is 12.1. The second-order valence-corrected chi connectivity index (χ2v) is 8.32. The van der Waals surface area contributed by atoms with Gasteiger partial charge >= 0.3 is 5.97 Å². The van der Waals surface area contributed by atoms with Gasteiger partial charge < -0.3 is 9.84 Å². The molecule has 0 saturated heterocycles. The van der Waals surface area contributed by atoms with Crippen LogP contribution in [0.1, 0.15) is 70.3 Å². The van der Waals surface area contributed by atoms with Crippen molar-refractivity contribution in [3.8, 4) is 5.75 Å². The minimum atomic E-state index is -0.693. The van der Waals surface area contributed by atoms with Crippen molar-refractivity contribution >= 4 is 11.5 Å². The highest BCUT2D eigenvalue weighted by molar-refractivity contribution is 5.67. The van der Waals surface area contributed by atoms with E-state index in [1.807, 2.05) is 0 Å². The van der Waals surface area contributed by atoms with Crippen LogP contribution in [0, 0.1) is 5.92 Å². The summed E-state index contributed by atoms with van der Waals surface area (Å²) in [7, 11) is 0. The molecule has 0 bridgehead atoms. The van der Waals surface area contributed by atoms with Crippen molar-refractivity contribution < 1.29 is 14.6 Å². The zero-order valence-corrected chi connectivity index (χ0v) is 17.2. The number of unbranched alkanes of at least 4 members (excludes halogenated alkanes) is 1. The van der Waals surface area contributed by atoms with Crippen LogP contribution < -0.4 is 4.74 Å². The molecule has 1 heterocycles. The van der Waals surface area contributed by atoms with Gasteiger partial charge in [0.2, 0.25) is 0 Å². The van der Waals surface area contributed by atoms with Gasteiger partial charge in [-0.1, -0.05) is 31.6 Å². The van der Waals surface area contributed by atoms with E-state index in [4.69, 9.17) is 9.84 Å². The Morgan fingerprint density at radius 1 is 1.14 bits per heavy atom. The number of hydrogen-bond donors (Lipinski definition) is 1. The van der Waals surface area contributed by atoms with Crippen molar-refractivity contribution in [2.75, 3.05) is 19.6 Å². The van der Waals surface area contributed by atoms with Crippen LogP contribution >= 0.6 is 0 Å². The summed E-state index contributed by atoms with van der Waals surface area (Å²) in [6.45, 7) is 5.30. The maximum absolute atomic E-state index is 10.6. The number of carboxylic acid groups (broad SMARTS) is 1. The van der Waals surface area contributed by atoms with E-state index in [-0.39, 0.29) is 6.42 Å². The Hall–Kier alpha value is -1.81. The number of carboxylic acids is 1. The Morgan fingerprint density at radius 2 is 1.89 bits per heavy atom. The average molecular weight is 386 g/mol. The zero-order valence-electron chi connectivity index (χ0n) is 17.2. The van der Waals surface area contributed by atoms with Crippen LogP contribution in [-0.2, 0) is 4.79 Å². The maximum atomic E-state index is 10.6. The first-order valence-corrected chi connectivity index (χ1v) is 11.0. The summed E-state index contributed by atoms with van der Waals surface area (Å²) in [6, 6.07) is 8.64. The molecule has 4 nitrogen and oxygen atoms in total. The van der Waals surface area contributed by atoms with Crippen molar-refractivity contribution in [1.29, 1.82) is 0 Å². The summed E-state index contributed by atoms with van der Waals surface area (Å²) in [5.41, 5.74) is 2.71. The zero-order chi connectivity index (χ0) is 19.8. The highest BCUT2D eigenvalue weighted by Crippen LogP contribution is 2.30. The maximum Gasteiger partial charge on any atom is 0.303 e. The molecule has 0 radical (unpaired) electrons. The molecule has 1 aromatic rings. The molecule has 1 fully saturated rings. The van der Waals surface area contributed by atoms with Gasteiger partial charge in [0.25, 0.3) is 0 Å². The van der Waals surface area contributed by atoms with Gasteiger partial charge in [0.15, 0.2) is 0 Å². The quantitative estimate of drug-likeness (QED) is 0.580. The van der Waals surface area contributed by atoms with Crippen molar-refractivity contribution in [3.63, 3.8) is 0 Å². The highest BCUT2D eigenvalue weighted by Gasteiger charge is 2.21. The first kappa shape index (κ1) is 20.9. The van der Waals surface area contributed by atoms with E-state index >= 15 is 0 Å². The smallest absolute Gasteiger partial charge is 0.303 e. The summed E-state index contributed by atoms with van der Waals surface area (Å²) in [4.78, 5) is 13.0. The average Bonchev–Trinajstić information content (AvgIpc) is 2.73. The molecule has 1 N–H and O–H groups in total. The number of ether oxygens (including phenoxy) is 1. The van der Waals surface area contributed by atoms with E-state index < -0.39 is 5.97 Å². The van der Waals surface area contributed by atoms with Crippen molar-refractivity contribution in [3.05, 3.63) is 35.9 Å². The lowest BCUT2D eigenvalue weighted by molar-refractivity contribution is -0.137. The summed E-state index contributed by atoms with van der Waals surface area (Å²) < 4.78 is 6.21. The van der Waals surface area contributed by atoms with Crippen LogP contribution in [0.25, 0.3) is 5.57 Å². The van der Waals surface area contributed by atoms with Gasteiger partial charge in [-0.15, -0.1) is 0 Å². The fourth-order valence-electron chi connectivity index (χ4n) is 4.39. The monoisotopic (exact) mass is 385 g/mol. The van der Waals surface area contributed by atoms with Crippen LogP contribution in [0.3, 0.4) is 0 Å². The van der Waals surface area contributed by atoms with Crippen molar-refractivity contribution in [1.82, 2.24) is 4.90 Å². The Labute approximate surface area is 169 Å². The molecule has 2 aliphatic rings. The second kappa shape index (κ2) is 10.7. The van der Waals surface area contributed by atoms with E-state index in [0.717, 1.165) is 50.6 Å². The Morgan fingerprint density at radius 3 is 2.50 bits per heavy atom. The first-order chi connectivity index (χ1) is 13.6. The van der Waals surface area contributed by atoms with Crippen LogP contribution in [0.5, 0.6) is 5.75 Å². The molecule has 1 aliphatic heterocycles. The highest BCUT2D eigenvalue weighted by atomic mass is 16.5. The predicted molar refractivity (Wildman–Crippen MR) is 114 cm³/mol. The number of aliphatic carboxylic acids is 1. The minimum absolute atomic E-state index is 0.281. The van der Waals surface area contributed by atoms with Crippen LogP contribution in [0.2, 0.25) is 0 Å². The third-order valence-electron chi connectivity index (χ3n) is 6.31. The molecule has 4 heteroatoms. The fraction of sp³-hybridized carbons (Fsp3) is 0.625. The third kappa shape index (κ3) is 6.37. The van der Waals surface area contributed by atoms with Crippen molar-refractivity contribution in [2.45, 2.75) is 70.8 Å². The van der Waals surface area contributed by atoms with Gasteiger partial charge in [-0.25, -0.2) is 0 Å². The topological polar surface area (TPSA) is 49.8 Å². The van der Waals surface area contributed by atoms with E-state index in [1.54, 1.807) is 0 Å². The van der Waals surface area contributed by atoms with Gasteiger partial charge in [0.1, 0.15) is 5.75 Å². The Kier molecular flexibility index (Phi) is 7.96. The largest absolute Gasteiger partial charge is 0.490 e. The Bertz CT molecular complexity index is 644. The lowest BCUT2D eigenvalue weighted by Crippen LogP contribution is -2.29. The van der Waals surface area contributed by atoms with Gasteiger partial charge in [0, 0.05) is 19.5 Å². The fourth-order valence-corrected chi connectivity index (χ4v) is 4.39. The standard InChI is InChI=1S/C24H35NO3/c1-2-19-6-10-22(11-7-19)28-23-12-8-20(9-13-23)21-14-17-25(18-15-21)16-4-3-5-24(26)27/h8-9,12-14,19,22H,2-7,10-11,15-18H2,1H3,(H,26,27). The molecule has 3 rings (SSSR count).